The topological polar surface area (TPSA) is 92.2 Å². The largest absolute Gasteiger partial charge is 0.490 e. The second kappa shape index (κ2) is 10.5. The third-order valence-corrected chi connectivity index (χ3v) is 6.27. The Labute approximate surface area is 200 Å². The predicted octanol–water partition coefficient (Wildman–Crippen LogP) is 2.82. The normalized spacial score (nSPS) is 23.5. The summed E-state index contributed by atoms with van der Waals surface area (Å²) < 4.78 is 43.9. The molecule has 1 saturated carbocycles. The first-order chi connectivity index (χ1) is 16.7. The summed E-state index contributed by atoms with van der Waals surface area (Å²) in [5.41, 5.74) is 1.20. The number of carboxylic acids is 1. The molecule has 190 valence electrons. The number of alkyl halides is 3. The van der Waals surface area contributed by atoms with Crippen molar-refractivity contribution in [1.82, 2.24) is 14.8 Å². The van der Waals surface area contributed by atoms with Crippen molar-refractivity contribution in [3.8, 4) is 0 Å². The predicted molar refractivity (Wildman–Crippen MR) is 120 cm³/mol. The number of carboxylic acid groups (broad SMARTS) is 1. The lowest BCUT2D eigenvalue weighted by molar-refractivity contribution is -0.192. The Morgan fingerprint density at radius 1 is 1.14 bits per heavy atom. The van der Waals surface area contributed by atoms with Crippen LogP contribution in [0.5, 0.6) is 0 Å². The number of aliphatic carboxylic acids is 1. The number of carbonyl (C=O) groups excluding carboxylic acids is 1. The minimum absolute atomic E-state index is 0.0615. The van der Waals surface area contributed by atoms with E-state index in [2.05, 4.69) is 9.88 Å². The number of hydrogen-bond donors (Lipinski definition) is 1. The molecule has 1 amide bonds. The maximum atomic E-state index is 13.2. The Morgan fingerprint density at radius 3 is 2.63 bits per heavy atom. The van der Waals surface area contributed by atoms with E-state index in [1.807, 2.05) is 35.2 Å². The van der Waals surface area contributed by atoms with Crippen molar-refractivity contribution >= 4 is 22.8 Å². The third-order valence-electron chi connectivity index (χ3n) is 6.27. The van der Waals surface area contributed by atoms with Gasteiger partial charge in [0.2, 0.25) is 0 Å². The van der Waals surface area contributed by atoms with Crippen molar-refractivity contribution in [2.75, 3.05) is 52.5 Å². The van der Waals surface area contributed by atoms with Crippen LogP contribution in [0.1, 0.15) is 23.2 Å². The molecule has 3 heterocycles. The molecular weight excluding hydrogens is 467 g/mol. The molecule has 2 aromatic rings. The van der Waals surface area contributed by atoms with Gasteiger partial charge < -0.3 is 19.5 Å². The van der Waals surface area contributed by atoms with E-state index < -0.39 is 17.7 Å². The van der Waals surface area contributed by atoms with Gasteiger partial charge in [-0.05, 0) is 43.0 Å². The molecule has 5 rings (SSSR count). The Balaban J connectivity index is 0.000000364. The highest BCUT2D eigenvalue weighted by molar-refractivity contribution is 5.98. The molecule has 1 N–H and O–H groups in total. The zero-order valence-corrected chi connectivity index (χ0v) is 19.2. The molecule has 1 unspecified atom stereocenters. The van der Waals surface area contributed by atoms with Crippen LogP contribution in [0.25, 0.3) is 10.9 Å². The molecule has 3 aliphatic rings. The van der Waals surface area contributed by atoms with Crippen LogP contribution in [0, 0.1) is 5.92 Å². The highest BCUT2D eigenvalue weighted by Gasteiger charge is 2.42. The van der Waals surface area contributed by atoms with E-state index in [0.717, 1.165) is 43.1 Å². The first kappa shape index (κ1) is 25.3. The zero-order valence-electron chi connectivity index (χ0n) is 19.2. The lowest BCUT2D eigenvalue weighted by Gasteiger charge is -2.43. The van der Waals surface area contributed by atoms with E-state index in [9.17, 15) is 18.0 Å². The number of fused-ring (bicyclic) bond motifs is 1. The number of halogens is 3. The highest BCUT2D eigenvalue weighted by Crippen LogP contribution is 2.32. The van der Waals surface area contributed by atoms with Gasteiger partial charge in [-0.25, -0.2) is 4.79 Å². The lowest BCUT2D eigenvalue weighted by Crippen LogP contribution is -2.60. The van der Waals surface area contributed by atoms with Gasteiger partial charge in [0.15, 0.2) is 0 Å². The van der Waals surface area contributed by atoms with Gasteiger partial charge in [0.05, 0.1) is 31.9 Å². The number of carbonyl (C=O) groups is 2. The number of ether oxygens (including phenoxy) is 2. The molecule has 35 heavy (non-hydrogen) atoms. The second-order valence-corrected chi connectivity index (χ2v) is 9.20. The summed E-state index contributed by atoms with van der Waals surface area (Å²) in [7, 11) is 0. The van der Waals surface area contributed by atoms with Crippen LogP contribution in [-0.4, -0.2) is 96.1 Å². The smallest absolute Gasteiger partial charge is 0.475 e. The van der Waals surface area contributed by atoms with Crippen LogP contribution < -0.4 is 0 Å². The molecule has 11 heteroatoms. The van der Waals surface area contributed by atoms with E-state index in [4.69, 9.17) is 19.4 Å². The molecule has 1 aromatic carbocycles. The molecule has 1 atom stereocenters. The quantitative estimate of drug-likeness (QED) is 0.700. The minimum Gasteiger partial charge on any atom is -0.475 e. The van der Waals surface area contributed by atoms with Crippen LogP contribution in [0.2, 0.25) is 0 Å². The second-order valence-electron chi connectivity index (χ2n) is 9.20. The minimum atomic E-state index is -5.08. The SMILES string of the molecule is O=C(O)C(F)(F)F.O=C(c1ccc2ncccc2c1)N1CCOC2(COCCN(CC3CC3)C2)C1. The van der Waals surface area contributed by atoms with Crippen LogP contribution in [-0.2, 0) is 14.3 Å². The average Bonchev–Trinajstić information content (AvgIpc) is 3.66. The van der Waals surface area contributed by atoms with Gasteiger partial charge >= 0.3 is 12.1 Å². The lowest BCUT2D eigenvalue weighted by atomic mass is 10.0. The van der Waals surface area contributed by atoms with Crippen LogP contribution in [0.4, 0.5) is 13.2 Å². The zero-order chi connectivity index (χ0) is 25.1. The van der Waals surface area contributed by atoms with Crippen molar-refractivity contribution < 1.29 is 37.3 Å². The van der Waals surface area contributed by atoms with Gasteiger partial charge in [-0.1, -0.05) is 6.07 Å². The van der Waals surface area contributed by atoms with E-state index in [-0.39, 0.29) is 5.91 Å². The highest BCUT2D eigenvalue weighted by atomic mass is 19.4. The first-order valence-electron chi connectivity index (χ1n) is 11.5. The van der Waals surface area contributed by atoms with E-state index >= 15 is 0 Å². The molecule has 0 radical (unpaired) electrons. The monoisotopic (exact) mass is 495 g/mol. The average molecular weight is 495 g/mol. The van der Waals surface area contributed by atoms with E-state index in [1.54, 1.807) is 6.20 Å². The van der Waals surface area contributed by atoms with Gasteiger partial charge in [-0.3, -0.25) is 14.7 Å². The van der Waals surface area contributed by atoms with Gasteiger partial charge in [0.1, 0.15) is 5.60 Å². The third kappa shape index (κ3) is 6.68. The number of aromatic nitrogens is 1. The van der Waals surface area contributed by atoms with Crippen molar-refractivity contribution in [2.24, 2.45) is 5.92 Å². The summed E-state index contributed by atoms with van der Waals surface area (Å²) in [5.74, 6) is -1.86. The maximum Gasteiger partial charge on any atom is 0.490 e. The molecular formula is C24H28F3N3O5. The summed E-state index contributed by atoms with van der Waals surface area (Å²) in [6.07, 6.45) is -0.631. The van der Waals surface area contributed by atoms with Gasteiger partial charge in [-0.15, -0.1) is 0 Å². The molecule has 1 aromatic heterocycles. The molecule has 0 bridgehead atoms. The van der Waals surface area contributed by atoms with Crippen LogP contribution in [0.15, 0.2) is 36.5 Å². The fourth-order valence-corrected chi connectivity index (χ4v) is 4.40. The van der Waals surface area contributed by atoms with E-state index in [0.29, 0.717) is 31.9 Å². The summed E-state index contributed by atoms with van der Waals surface area (Å²) in [4.78, 5) is 30.9. The number of rotatable bonds is 3. The van der Waals surface area contributed by atoms with Crippen molar-refractivity contribution in [2.45, 2.75) is 24.6 Å². The molecule has 8 nitrogen and oxygen atoms in total. The van der Waals surface area contributed by atoms with Gasteiger partial charge in [-0.2, -0.15) is 13.2 Å². The van der Waals surface area contributed by atoms with Gasteiger partial charge in [0, 0.05) is 43.3 Å². The summed E-state index contributed by atoms with van der Waals surface area (Å²) in [6, 6.07) is 9.63. The summed E-state index contributed by atoms with van der Waals surface area (Å²) in [6.45, 7) is 5.97. The standard InChI is InChI=1S/C22H27N3O3.C2HF3O2/c26-21(19-5-6-20-18(12-19)2-1-7-23-20)25-9-11-28-22(15-25)14-24(8-10-27-16-22)13-17-3-4-17;3-2(4,5)1(6)7/h1-2,5-7,12,17H,3-4,8-11,13-16H2;(H,6,7). The molecule has 3 fully saturated rings. The van der Waals surface area contributed by atoms with Crippen molar-refractivity contribution in [3.63, 3.8) is 0 Å². The maximum absolute atomic E-state index is 13.2. The number of amides is 1. The van der Waals surface area contributed by atoms with Crippen molar-refractivity contribution in [1.29, 1.82) is 0 Å². The Kier molecular flexibility index (Phi) is 7.58. The van der Waals surface area contributed by atoms with Crippen LogP contribution in [0.3, 0.4) is 0 Å². The summed E-state index contributed by atoms with van der Waals surface area (Å²) >= 11 is 0. The number of pyridine rings is 1. The van der Waals surface area contributed by atoms with E-state index in [1.165, 1.54) is 12.8 Å². The number of benzene rings is 1. The Hall–Kier alpha value is -2.76. The molecule has 2 saturated heterocycles. The molecule has 2 aliphatic heterocycles. The Bertz CT molecular complexity index is 1060. The molecule has 1 spiro atoms. The summed E-state index contributed by atoms with van der Waals surface area (Å²) in [5, 5.41) is 8.12. The molecule has 1 aliphatic carbocycles. The first-order valence-corrected chi connectivity index (χ1v) is 11.5. The fraction of sp³-hybridized carbons (Fsp3) is 0.542. The Morgan fingerprint density at radius 2 is 1.91 bits per heavy atom. The van der Waals surface area contributed by atoms with Crippen LogP contribution >= 0.6 is 0 Å². The number of nitrogens with zero attached hydrogens (tertiary/aromatic N) is 3. The number of morpholine rings is 1. The number of hydrogen-bond acceptors (Lipinski definition) is 6. The van der Waals surface area contributed by atoms with Crippen molar-refractivity contribution in [3.05, 3.63) is 42.1 Å². The fourth-order valence-electron chi connectivity index (χ4n) is 4.40. The van der Waals surface area contributed by atoms with Gasteiger partial charge in [0.25, 0.3) is 5.91 Å².